The first-order chi connectivity index (χ1) is 12.6. The standard InChI is InChI=1S/C16H35NO2.C4H4O4/c1-5-6-7-8-9-10-11-12-19-14-15(18)13-17-16(2,3)4;5-3(6)1-2-4(7)8/h15,17-18H,5-14H2,1-4H3;1-2H,(H,5,6)(H,7,8)/b;2-1+. The largest absolute Gasteiger partial charge is 0.545 e. The number of carbonyl (C=O) groups excluding carboxylic acids is 1. The van der Waals surface area contributed by atoms with E-state index in [0.717, 1.165) is 19.6 Å². The van der Waals surface area contributed by atoms with Gasteiger partial charge in [-0.05, 0) is 33.3 Å². The summed E-state index contributed by atoms with van der Waals surface area (Å²) in [7, 11) is 0. The number of hydrogen-bond acceptors (Lipinski definition) is 5. The first kappa shape index (κ1) is 27.8. The summed E-state index contributed by atoms with van der Waals surface area (Å²) in [6, 6.07) is 0. The van der Waals surface area contributed by atoms with Crippen molar-refractivity contribution in [2.75, 3.05) is 19.8 Å². The maximum atomic E-state index is 9.76. The normalized spacial score (nSPS) is 12.5. The van der Waals surface area contributed by atoms with Gasteiger partial charge in [0.05, 0.1) is 18.1 Å². The topological polar surface area (TPSA) is 124 Å². The van der Waals surface area contributed by atoms with Crippen LogP contribution >= 0.6 is 0 Å². The lowest BCUT2D eigenvalue weighted by Gasteiger charge is -2.19. The molecule has 0 heterocycles. The van der Waals surface area contributed by atoms with Gasteiger partial charge < -0.3 is 30.2 Å². The smallest absolute Gasteiger partial charge is 0.328 e. The zero-order valence-electron chi connectivity index (χ0n) is 17.4. The van der Waals surface area contributed by atoms with Crippen LogP contribution in [-0.4, -0.2) is 53.6 Å². The molecule has 0 saturated heterocycles. The van der Waals surface area contributed by atoms with Crippen LogP contribution in [0.25, 0.3) is 0 Å². The van der Waals surface area contributed by atoms with Gasteiger partial charge >= 0.3 is 5.97 Å². The van der Waals surface area contributed by atoms with Crippen LogP contribution in [-0.2, 0) is 14.3 Å². The third-order valence-corrected chi connectivity index (χ3v) is 3.57. The number of carbonyl (C=O) groups is 2. The molecule has 0 rings (SSSR count). The van der Waals surface area contributed by atoms with Crippen LogP contribution in [0.3, 0.4) is 0 Å². The van der Waals surface area contributed by atoms with Gasteiger partial charge in [-0.1, -0.05) is 45.4 Å². The van der Waals surface area contributed by atoms with Gasteiger partial charge in [-0.2, -0.15) is 0 Å². The molecule has 7 nitrogen and oxygen atoms in total. The first-order valence-corrected chi connectivity index (χ1v) is 9.80. The van der Waals surface area contributed by atoms with E-state index in [9.17, 15) is 19.8 Å². The molecule has 0 aromatic carbocycles. The van der Waals surface area contributed by atoms with E-state index in [2.05, 4.69) is 33.0 Å². The highest BCUT2D eigenvalue weighted by Crippen LogP contribution is 2.06. The number of aliphatic hydroxyl groups is 1. The van der Waals surface area contributed by atoms with Crippen molar-refractivity contribution < 1.29 is 35.0 Å². The summed E-state index contributed by atoms with van der Waals surface area (Å²) in [5.41, 5.74) is 0.180. The van der Waals surface area contributed by atoms with E-state index < -0.39 is 11.9 Å². The van der Waals surface area contributed by atoms with Gasteiger partial charge in [-0.25, -0.2) is 4.79 Å². The average Bonchev–Trinajstić information content (AvgIpc) is 2.56. The summed E-state index contributed by atoms with van der Waals surface area (Å²) >= 11 is 0. The molecule has 4 N–H and O–H groups in total. The number of aliphatic carboxylic acids is 2. The Labute approximate surface area is 163 Å². The van der Waals surface area contributed by atoms with Crippen molar-refractivity contribution in [1.82, 2.24) is 0 Å². The zero-order valence-corrected chi connectivity index (χ0v) is 17.4. The summed E-state index contributed by atoms with van der Waals surface area (Å²) in [6.07, 6.45) is 9.72. The second-order valence-corrected chi connectivity index (χ2v) is 7.65. The molecular weight excluding hydrogens is 350 g/mol. The highest BCUT2D eigenvalue weighted by molar-refractivity contribution is 5.88. The van der Waals surface area contributed by atoms with E-state index in [1.807, 2.05) is 0 Å². The van der Waals surface area contributed by atoms with E-state index in [0.29, 0.717) is 18.8 Å². The molecular formula is C20H39NO6. The Hall–Kier alpha value is -1.44. The quantitative estimate of drug-likeness (QED) is 0.299. The molecule has 0 aromatic heterocycles. The van der Waals surface area contributed by atoms with E-state index in [1.165, 1.54) is 38.5 Å². The van der Waals surface area contributed by atoms with E-state index in [4.69, 9.17) is 9.84 Å². The fraction of sp³-hybridized carbons (Fsp3) is 0.800. The number of rotatable bonds is 14. The lowest BCUT2D eigenvalue weighted by Crippen LogP contribution is -2.96. The van der Waals surface area contributed by atoms with Crippen LogP contribution in [0, 0.1) is 0 Å². The minimum Gasteiger partial charge on any atom is -0.545 e. The third-order valence-electron chi connectivity index (χ3n) is 3.57. The van der Waals surface area contributed by atoms with Crippen molar-refractivity contribution >= 4 is 11.9 Å². The lowest BCUT2D eigenvalue weighted by molar-refractivity contribution is -0.722. The Balaban J connectivity index is 0. The highest BCUT2D eigenvalue weighted by Gasteiger charge is 2.15. The molecule has 0 aliphatic rings. The number of hydrogen-bond donors (Lipinski definition) is 3. The lowest BCUT2D eigenvalue weighted by atomic mass is 10.1. The number of quaternary nitrogens is 1. The van der Waals surface area contributed by atoms with Gasteiger partial charge in [0.15, 0.2) is 0 Å². The number of unbranched alkanes of at least 4 members (excludes halogenated alkanes) is 6. The number of carboxylic acids is 2. The van der Waals surface area contributed by atoms with Crippen LogP contribution in [0.1, 0.15) is 72.6 Å². The molecule has 0 aliphatic carbocycles. The van der Waals surface area contributed by atoms with Gasteiger partial charge in [0.1, 0.15) is 12.6 Å². The minimum absolute atomic E-state index is 0.180. The molecule has 27 heavy (non-hydrogen) atoms. The van der Waals surface area contributed by atoms with Gasteiger partial charge in [0, 0.05) is 12.7 Å². The van der Waals surface area contributed by atoms with Gasteiger partial charge in [0.2, 0.25) is 0 Å². The van der Waals surface area contributed by atoms with Crippen molar-refractivity contribution in [2.45, 2.75) is 84.3 Å². The number of aliphatic hydroxyl groups excluding tert-OH is 1. The molecule has 7 heteroatoms. The first-order valence-electron chi connectivity index (χ1n) is 9.80. The third kappa shape index (κ3) is 29.6. The summed E-state index contributed by atoms with van der Waals surface area (Å²) in [4.78, 5) is 19.0. The Morgan fingerprint density at radius 3 is 2.07 bits per heavy atom. The molecule has 0 aliphatic heterocycles. The maximum absolute atomic E-state index is 9.76. The van der Waals surface area contributed by atoms with E-state index >= 15 is 0 Å². The van der Waals surface area contributed by atoms with Crippen LogP contribution in [0.2, 0.25) is 0 Å². The molecule has 160 valence electrons. The highest BCUT2D eigenvalue weighted by atomic mass is 16.5. The van der Waals surface area contributed by atoms with Crippen molar-refractivity contribution in [3.63, 3.8) is 0 Å². The molecule has 0 bridgehead atoms. The van der Waals surface area contributed by atoms with Gasteiger partial charge in [0.25, 0.3) is 0 Å². The second kappa shape index (κ2) is 17.9. The van der Waals surface area contributed by atoms with Crippen LogP contribution in [0.4, 0.5) is 0 Å². The molecule has 0 spiro atoms. The number of nitrogens with two attached hydrogens (primary N) is 1. The van der Waals surface area contributed by atoms with Crippen molar-refractivity contribution in [2.24, 2.45) is 0 Å². The molecule has 0 fully saturated rings. The van der Waals surface area contributed by atoms with Gasteiger partial charge in [-0.3, -0.25) is 0 Å². The van der Waals surface area contributed by atoms with Crippen molar-refractivity contribution in [3.05, 3.63) is 12.2 Å². The van der Waals surface area contributed by atoms with Gasteiger partial charge in [-0.15, -0.1) is 0 Å². The number of ether oxygens (including phenoxy) is 1. The van der Waals surface area contributed by atoms with Crippen molar-refractivity contribution in [1.29, 1.82) is 0 Å². The molecule has 0 amide bonds. The van der Waals surface area contributed by atoms with E-state index in [-0.39, 0.29) is 11.6 Å². The fourth-order valence-corrected chi connectivity index (χ4v) is 2.08. The van der Waals surface area contributed by atoms with Crippen LogP contribution in [0.5, 0.6) is 0 Å². The fourth-order valence-electron chi connectivity index (χ4n) is 2.08. The predicted octanol–water partition coefficient (Wildman–Crippen LogP) is 0.854. The average molecular weight is 390 g/mol. The van der Waals surface area contributed by atoms with Crippen LogP contribution in [0.15, 0.2) is 12.2 Å². The Bertz CT molecular complexity index is 388. The Kier molecular flexibility index (Phi) is 18.5. The summed E-state index contributed by atoms with van der Waals surface area (Å²) in [6.45, 7) is 10.7. The number of carboxylic acid groups (broad SMARTS) is 2. The zero-order chi connectivity index (χ0) is 21.1. The Morgan fingerprint density at radius 1 is 1.07 bits per heavy atom. The summed E-state index contributed by atoms with van der Waals surface area (Å²) < 4.78 is 5.52. The molecule has 0 aromatic rings. The molecule has 1 unspecified atom stereocenters. The second-order valence-electron chi connectivity index (χ2n) is 7.65. The maximum Gasteiger partial charge on any atom is 0.328 e. The predicted molar refractivity (Wildman–Crippen MR) is 103 cm³/mol. The summed E-state index contributed by atoms with van der Waals surface area (Å²) in [5, 5.41) is 29.1. The summed E-state index contributed by atoms with van der Waals surface area (Å²) in [5.74, 6) is -2.80. The monoisotopic (exact) mass is 389 g/mol. The molecule has 0 radical (unpaired) electrons. The van der Waals surface area contributed by atoms with Crippen molar-refractivity contribution in [3.8, 4) is 0 Å². The van der Waals surface area contributed by atoms with E-state index in [1.54, 1.807) is 0 Å². The van der Waals surface area contributed by atoms with Crippen LogP contribution < -0.4 is 10.4 Å². The molecule has 0 saturated carbocycles. The SMILES string of the molecule is CCCCCCCCCOCC(O)C[NH2+]C(C)(C)C.O=C([O-])/C=C/C(=O)O. The minimum atomic E-state index is -1.51. The Morgan fingerprint density at radius 2 is 1.63 bits per heavy atom. The molecule has 1 atom stereocenters.